The zero-order valence-electron chi connectivity index (χ0n) is 27.6. The number of hydrogen-bond acceptors (Lipinski definition) is 3. The molecule has 0 saturated heterocycles. The molecule has 0 bridgehead atoms. The van der Waals surface area contributed by atoms with Gasteiger partial charge < -0.3 is 8.83 Å². The van der Waals surface area contributed by atoms with Gasteiger partial charge in [-0.1, -0.05) is 98.8 Å². The molecule has 0 aliphatic heterocycles. The average molecular weight is 643 g/mol. The Morgan fingerprint density at radius 3 is 1.94 bits per heavy atom. The number of hydrogen-bond donors (Lipinski definition) is 0. The number of aromatic nitrogens is 2. The summed E-state index contributed by atoms with van der Waals surface area (Å²) in [5.74, 6) is 0.950. The van der Waals surface area contributed by atoms with E-state index in [1.54, 1.807) is 0 Å². The number of imidazole rings is 1. The summed E-state index contributed by atoms with van der Waals surface area (Å²) in [6, 6.07) is 51.7. The van der Waals surface area contributed by atoms with Crippen molar-refractivity contribution in [3.8, 4) is 39.3 Å². The number of furan rings is 2. The molecule has 0 spiro atoms. The van der Waals surface area contributed by atoms with Gasteiger partial charge in [0.15, 0.2) is 0 Å². The second kappa shape index (κ2) is 9.83. The molecule has 1 aliphatic carbocycles. The fourth-order valence-corrected chi connectivity index (χ4v) is 8.29. The van der Waals surface area contributed by atoms with Crippen molar-refractivity contribution >= 4 is 54.9 Å². The highest BCUT2D eigenvalue weighted by Crippen LogP contribution is 2.51. The van der Waals surface area contributed by atoms with Crippen molar-refractivity contribution in [3.63, 3.8) is 0 Å². The topological polar surface area (TPSA) is 44.1 Å². The van der Waals surface area contributed by atoms with Gasteiger partial charge in [0.25, 0.3) is 0 Å². The van der Waals surface area contributed by atoms with E-state index in [4.69, 9.17) is 13.8 Å². The van der Waals surface area contributed by atoms with E-state index in [1.807, 2.05) is 18.2 Å². The lowest BCUT2D eigenvalue weighted by Gasteiger charge is -2.23. The number of para-hydroxylation sites is 3. The third-order valence-corrected chi connectivity index (χ3v) is 10.8. The Kier molecular flexibility index (Phi) is 5.42. The van der Waals surface area contributed by atoms with Crippen molar-refractivity contribution in [1.82, 2.24) is 9.55 Å². The average Bonchev–Trinajstić information content (AvgIpc) is 3.88. The van der Waals surface area contributed by atoms with Crippen LogP contribution in [0.15, 0.2) is 154 Å². The van der Waals surface area contributed by atoms with Gasteiger partial charge in [0.05, 0.1) is 11.0 Å². The molecule has 0 amide bonds. The van der Waals surface area contributed by atoms with Crippen molar-refractivity contribution in [2.75, 3.05) is 0 Å². The van der Waals surface area contributed by atoms with Crippen LogP contribution in [-0.4, -0.2) is 9.55 Å². The third-order valence-electron chi connectivity index (χ3n) is 10.8. The monoisotopic (exact) mass is 642 g/mol. The van der Waals surface area contributed by atoms with Crippen LogP contribution in [-0.2, 0) is 5.41 Å². The second-order valence-corrected chi connectivity index (χ2v) is 14.0. The Bertz CT molecular complexity index is 3010. The molecule has 7 aromatic carbocycles. The fraction of sp³-hybridized carbons (Fsp3) is 0.0652. The highest BCUT2D eigenvalue weighted by Gasteiger charge is 2.36. The predicted molar refractivity (Wildman–Crippen MR) is 204 cm³/mol. The highest BCUT2D eigenvalue weighted by molar-refractivity contribution is 6.15. The first-order chi connectivity index (χ1) is 24.5. The first-order valence-electron chi connectivity index (χ1n) is 17.1. The zero-order chi connectivity index (χ0) is 33.1. The minimum atomic E-state index is -0.195. The molecule has 10 aromatic rings. The summed E-state index contributed by atoms with van der Waals surface area (Å²) < 4.78 is 14.9. The molecule has 50 heavy (non-hydrogen) atoms. The van der Waals surface area contributed by atoms with Crippen molar-refractivity contribution < 1.29 is 8.83 Å². The Labute approximate surface area is 287 Å². The summed E-state index contributed by atoms with van der Waals surface area (Å²) in [4.78, 5) is 5.09. The molecule has 0 unspecified atom stereocenters. The minimum absolute atomic E-state index is 0.195. The Balaban J connectivity index is 1.02. The molecule has 11 rings (SSSR count). The number of rotatable bonds is 3. The summed E-state index contributed by atoms with van der Waals surface area (Å²) >= 11 is 0. The van der Waals surface area contributed by atoms with E-state index in [9.17, 15) is 0 Å². The molecule has 4 heteroatoms. The van der Waals surface area contributed by atoms with Crippen LogP contribution in [0, 0.1) is 0 Å². The van der Waals surface area contributed by atoms with Crippen molar-refractivity contribution in [2.24, 2.45) is 0 Å². The molecule has 1 aliphatic rings. The molecule has 3 aromatic heterocycles. The van der Waals surface area contributed by atoms with Gasteiger partial charge in [-0.3, -0.25) is 4.57 Å². The maximum Gasteiger partial charge on any atom is 0.145 e. The van der Waals surface area contributed by atoms with E-state index in [0.29, 0.717) is 0 Å². The van der Waals surface area contributed by atoms with Crippen LogP contribution in [0.1, 0.15) is 25.0 Å². The summed E-state index contributed by atoms with van der Waals surface area (Å²) in [5.41, 5.74) is 15.2. The maximum atomic E-state index is 6.38. The standard InChI is InChI=1S/C46H30N2O2/c1-46(2)37-23-29(28-17-21-42-34(22-28)36-26-43-35(25-44(36)50-42)33-12-6-9-15-41(33)49-43)16-19-31(37)32-20-18-30(24-38(32)46)48-40-14-8-7-13-39(40)47-45(48)27-10-4-3-5-11-27/h3-26H,1-2H3. The molecule has 236 valence electrons. The fourth-order valence-electron chi connectivity index (χ4n) is 8.29. The molecule has 0 saturated carbocycles. The molecule has 4 nitrogen and oxygen atoms in total. The maximum absolute atomic E-state index is 6.38. The van der Waals surface area contributed by atoms with Gasteiger partial charge in [0, 0.05) is 38.2 Å². The van der Waals surface area contributed by atoms with Gasteiger partial charge >= 0.3 is 0 Å². The van der Waals surface area contributed by atoms with Gasteiger partial charge in [-0.05, 0) is 94.0 Å². The number of nitrogens with zero attached hydrogens (tertiary/aromatic N) is 2. The molecule has 0 fully saturated rings. The Hall–Kier alpha value is -6.39. The van der Waals surface area contributed by atoms with E-state index in [2.05, 4.69) is 146 Å². The smallest absolute Gasteiger partial charge is 0.145 e. The van der Waals surface area contributed by atoms with Crippen LogP contribution in [0.5, 0.6) is 0 Å². The van der Waals surface area contributed by atoms with Crippen LogP contribution in [0.2, 0.25) is 0 Å². The number of benzene rings is 7. The van der Waals surface area contributed by atoms with Gasteiger partial charge in [-0.2, -0.15) is 0 Å². The predicted octanol–water partition coefficient (Wildman–Crippen LogP) is 12.5. The van der Waals surface area contributed by atoms with E-state index in [1.165, 1.54) is 27.8 Å². The van der Waals surface area contributed by atoms with Crippen LogP contribution < -0.4 is 0 Å². The third kappa shape index (κ3) is 3.79. The molecule has 0 N–H and O–H groups in total. The molecule has 0 atom stereocenters. The highest BCUT2D eigenvalue weighted by atomic mass is 16.3. The Morgan fingerprint density at radius 2 is 1.10 bits per heavy atom. The summed E-state index contributed by atoms with van der Waals surface area (Å²) in [6.07, 6.45) is 0. The van der Waals surface area contributed by atoms with Crippen molar-refractivity contribution in [1.29, 1.82) is 0 Å². The SMILES string of the molecule is CC1(C)c2cc(-c3ccc4oc5cc6c(cc5c4c3)oc3ccccc36)ccc2-c2ccc(-n3c(-c4ccccc4)nc4ccccc43)cc21. The molecule has 3 heterocycles. The van der Waals surface area contributed by atoms with Crippen LogP contribution in [0.4, 0.5) is 0 Å². The van der Waals surface area contributed by atoms with Crippen LogP contribution in [0.25, 0.3) is 94.2 Å². The largest absolute Gasteiger partial charge is 0.456 e. The van der Waals surface area contributed by atoms with E-state index >= 15 is 0 Å². The molecular formula is C46H30N2O2. The Morgan fingerprint density at radius 1 is 0.480 bits per heavy atom. The van der Waals surface area contributed by atoms with E-state index < -0.39 is 0 Å². The van der Waals surface area contributed by atoms with Gasteiger partial charge in [-0.15, -0.1) is 0 Å². The normalized spacial score (nSPS) is 13.6. The minimum Gasteiger partial charge on any atom is -0.456 e. The first-order valence-corrected chi connectivity index (χ1v) is 17.1. The van der Waals surface area contributed by atoms with Crippen molar-refractivity contribution in [2.45, 2.75) is 19.3 Å². The molecular weight excluding hydrogens is 613 g/mol. The van der Waals surface area contributed by atoms with Crippen LogP contribution >= 0.6 is 0 Å². The van der Waals surface area contributed by atoms with Gasteiger partial charge in [-0.25, -0.2) is 4.98 Å². The van der Waals surface area contributed by atoms with Gasteiger partial charge in [0.1, 0.15) is 28.2 Å². The van der Waals surface area contributed by atoms with Gasteiger partial charge in [0.2, 0.25) is 0 Å². The lowest BCUT2D eigenvalue weighted by molar-refractivity contribution is 0.660. The van der Waals surface area contributed by atoms with Crippen LogP contribution in [0.3, 0.4) is 0 Å². The summed E-state index contributed by atoms with van der Waals surface area (Å²) in [6.45, 7) is 4.70. The quantitative estimate of drug-likeness (QED) is 0.193. The number of fused-ring (bicyclic) bond motifs is 10. The lowest BCUT2D eigenvalue weighted by atomic mass is 9.81. The van der Waals surface area contributed by atoms with Crippen molar-refractivity contribution in [3.05, 3.63) is 157 Å². The lowest BCUT2D eigenvalue weighted by Crippen LogP contribution is -2.15. The molecule has 0 radical (unpaired) electrons. The summed E-state index contributed by atoms with van der Waals surface area (Å²) in [7, 11) is 0. The van der Waals surface area contributed by atoms with E-state index in [0.717, 1.165) is 77.5 Å². The van der Waals surface area contributed by atoms with E-state index in [-0.39, 0.29) is 5.41 Å². The summed E-state index contributed by atoms with van der Waals surface area (Å²) in [5, 5.41) is 4.34. The second-order valence-electron chi connectivity index (χ2n) is 14.0. The first kappa shape index (κ1) is 27.5. The zero-order valence-corrected chi connectivity index (χ0v) is 27.6.